The van der Waals surface area contributed by atoms with Crippen LogP contribution in [0.3, 0.4) is 0 Å². The van der Waals surface area contributed by atoms with Crippen LogP contribution in [0.4, 0.5) is 0 Å². The number of aliphatic hydroxyl groups is 2. The molecule has 7 heteroatoms. The molecule has 28 heavy (non-hydrogen) atoms. The smallest absolute Gasteiger partial charge is 0.305 e. The standard InChI is InChI=1S/C21H37NO6/c1-3-4-7-10-17(23)14-13-16-15-19(24)21(22(26)27)18(16)11-8-5-6-9-12-20(25)28-2/h13-14,16-19,21,23-24H,3-12,15H2,1-2H3/b14-13+/t16-,17+,18-,19?,21?/m1/s1. The van der Waals surface area contributed by atoms with Gasteiger partial charge in [0.15, 0.2) is 0 Å². The third-order valence-corrected chi connectivity index (χ3v) is 5.72. The lowest BCUT2D eigenvalue weighted by Crippen LogP contribution is -2.34. The van der Waals surface area contributed by atoms with E-state index in [4.69, 9.17) is 0 Å². The van der Waals surface area contributed by atoms with Gasteiger partial charge in [0.25, 0.3) is 0 Å². The molecule has 1 aliphatic rings. The van der Waals surface area contributed by atoms with Crippen LogP contribution in [-0.4, -0.2) is 46.5 Å². The summed E-state index contributed by atoms with van der Waals surface area (Å²) in [5.41, 5.74) is 0. The molecule has 1 saturated carbocycles. The highest BCUT2D eigenvalue weighted by Crippen LogP contribution is 2.38. The number of rotatable bonds is 14. The number of ether oxygens (including phenoxy) is 1. The van der Waals surface area contributed by atoms with Crippen molar-refractivity contribution in [2.24, 2.45) is 11.8 Å². The fourth-order valence-electron chi connectivity index (χ4n) is 4.11. The van der Waals surface area contributed by atoms with E-state index < -0.39 is 18.2 Å². The summed E-state index contributed by atoms with van der Waals surface area (Å²) >= 11 is 0. The quantitative estimate of drug-likeness (QED) is 0.152. The van der Waals surface area contributed by atoms with E-state index in [1.165, 1.54) is 7.11 Å². The number of aliphatic hydroxyl groups excluding tert-OH is 2. The molecule has 0 aliphatic heterocycles. The van der Waals surface area contributed by atoms with Gasteiger partial charge >= 0.3 is 5.97 Å². The molecule has 162 valence electrons. The second-order valence-electron chi connectivity index (χ2n) is 7.88. The first-order valence-electron chi connectivity index (χ1n) is 10.6. The van der Waals surface area contributed by atoms with Crippen molar-refractivity contribution in [2.75, 3.05) is 7.11 Å². The Kier molecular flexibility index (Phi) is 12.0. The Labute approximate surface area is 168 Å². The fourth-order valence-corrected chi connectivity index (χ4v) is 4.11. The molecule has 2 N–H and O–H groups in total. The highest BCUT2D eigenvalue weighted by atomic mass is 16.6. The Hall–Kier alpha value is -1.47. The minimum absolute atomic E-state index is 0.0821. The van der Waals surface area contributed by atoms with E-state index in [1.807, 2.05) is 6.08 Å². The van der Waals surface area contributed by atoms with Crippen LogP contribution in [0.2, 0.25) is 0 Å². The summed E-state index contributed by atoms with van der Waals surface area (Å²) in [4.78, 5) is 22.2. The van der Waals surface area contributed by atoms with E-state index in [0.717, 1.165) is 44.9 Å². The predicted octanol–water partition coefficient (Wildman–Crippen LogP) is 3.64. The van der Waals surface area contributed by atoms with Crippen LogP contribution in [0, 0.1) is 22.0 Å². The summed E-state index contributed by atoms with van der Waals surface area (Å²) in [6, 6.07) is -0.943. The van der Waals surface area contributed by atoms with Crippen LogP contribution < -0.4 is 0 Å². The second kappa shape index (κ2) is 13.7. The van der Waals surface area contributed by atoms with Crippen LogP contribution in [0.25, 0.3) is 0 Å². The van der Waals surface area contributed by atoms with Crippen molar-refractivity contribution < 1.29 is 24.7 Å². The van der Waals surface area contributed by atoms with Gasteiger partial charge < -0.3 is 14.9 Å². The number of carbonyl (C=O) groups is 1. The Balaban J connectivity index is 2.52. The molecule has 0 bridgehead atoms. The van der Waals surface area contributed by atoms with Crippen LogP contribution >= 0.6 is 0 Å². The van der Waals surface area contributed by atoms with E-state index in [9.17, 15) is 25.1 Å². The second-order valence-corrected chi connectivity index (χ2v) is 7.88. The maximum atomic E-state index is 11.4. The molecule has 0 aromatic carbocycles. The van der Waals surface area contributed by atoms with Crippen molar-refractivity contribution in [1.82, 2.24) is 0 Å². The molecule has 0 aromatic heterocycles. The summed E-state index contributed by atoms with van der Waals surface area (Å²) in [6.45, 7) is 2.11. The lowest BCUT2D eigenvalue weighted by molar-refractivity contribution is -0.539. The first-order valence-corrected chi connectivity index (χ1v) is 10.6. The molecule has 0 heterocycles. The molecular weight excluding hydrogens is 362 g/mol. The molecule has 7 nitrogen and oxygen atoms in total. The summed E-state index contributed by atoms with van der Waals surface area (Å²) in [5, 5.41) is 31.7. The van der Waals surface area contributed by atoms with Crippen molar-refractivity contribution in [2.45, 2.75) is 95.8 Å². The minimum atomic E-state index is -0.943. The number of nitrogens with zero attached hydrogens (tertiary/aromatic N) is 1. The third-order valence-electron chi connectivity index (χ3n) is 5.72. The Morgan fingerprint density at radius 1 is 1.25 bits per heavy atom. The molecule has 1 rings (SSSR count). The molecular formula is C21H37NO6. The molecule has 0 spiro atoms. The van der Waals surface area contributed by atoms with Crippen molar-refractivity contribution in [3.63, 3.8) is 0 Å². The van der Waals surface area contributed by atoms with E-state index in [2.05, 4.69) is 11.7 Å². The lowest BCUT2D eigenvalue weighted by atomic mass is 9.87. The first kappa shape index (κ1) is 24.6. The number of unbranched alkanes of at least 4 members (excludes halogenated alkanes) is 5. The number of methoxy groups -OCH3 is 1. The van der Waals surface area contributed by atoms with Crippen LogP contribution in [0.5, 0.6) is 0 Å². The van der Waals surface area contributed by atoms with Gasteiger partial charge in [0.2, 0.25) is 6.04 Å². The van der Waals surface area contributed by atoms with Gasteiger partial charge in [-0.1, -0.05) is 57.6 Å². The van der Waals surface area contributed by atoms with Gasteiger partial charge in [0, 0.05) is 17.3 Å². The number of hydrogen-bond donors (Lipinski definition) is 2. The number of nitro groups is 1. The van der Waals surface area contributed by atoms with Crippen molar-refractivity contribution in [1.29, 1.82) is 0 Å². The summed E-state index contributed by atoms with van der Waals surface area (Å²) < 4.78 is 4.61. The Morgan fingerprint density at radius 2 is 1.96 bits per heavy atom. The molecule has 5 atom stereocenters. The first-order chi connectivity index (χ1) is 13.4. The average molecular weight is 400 g/mol. The van der Waals surface area contributed by atoms with Crippen molar-refractivity contribution in [3.8, 4) is 0 Å². The maximum absolute atomic E-state index is 11.4. The average Bonchev–Trinajstić information content (AvgIpc) is 2.98. The zero-order valence-electron chi connectivity index (χ0n) is 17.3. The van der Waals surface area contributed by atoms with Crippen LogP contribution in [-0.2, 0) is 9.53 Å². The Bertz CT molecular complexity index is 495. The number of esters is 1. The van der Waals surface area contributed by atoms with Crippen molar-refractivity contribution >= 4 is 5.97 Å². The third kappa shape index (κ3) is 8.69. The van der Waals surface area contributed by atoms with Gasteiger partial charge in [-0.3, -0.25) is 14.9 Å². The predicted molar refractivity (Wildman–Crippen MR) is 107 cm³/mol. The van der Waals surface area contributed by atoms with E-state index in [0.29, 0.717) is 25.7 Å². The number of hydrogen-bond acceptors (Lipinski definition) is 6. The molecule has 0 radical (unpaired) electrons. The van der Waals surface area contributed by atoms with Gasteiger partial charge in [0.05, 0.1) is 13.2 Å². The molecule has 2 unspecified atom stereocenters. The normalized spacial score (nSPS) is 25.9. The van der Waals surface area contributed by atoms with E-state index in [1.54, 1.807) is 6.08 Å². The molecule has 0 aromatic rings. The maximum Gasteiger partial charge on any atom is 0.305 e. The van der Waals surface area contributed by atoms with E-state index in [-0.39, 0.29) is 22.7 Å². The zero-order valence-corrected chi connectivity index (χ0v) is 17.3. The van der Waals surface area contributed by atoms with Gasteiger partial charge in [-0.15, -0.1) is 0 Å². The molecule has 1 aliphatic carbocycles. The molecule has 1 fully saturated rings. The van der Waals surface area contributed by atoms with Gasteiger partial charge in [0.1, 0.15) is 6.10 Å². The topological polar surface area (TPSA) is 110 Å². The minimum Gasteiger partial charge on any atom is -0.469 e. The van der Waals surface area contributed by atoms with Gasteiger partial charge in [-0.25, -0.2) is 0 Å². The summed E-state index contributed by atoms with van der Waals surface area (Å²) in [6.07, 6.45) is 10.8. The number of carbonyl (C=O) groups excluding carboxylic acids is 1. The SMILES string of the molecule is CCCCC[C@H](O)/C=C/[C@@H]1CC(O)C([N+](=O)[O-])[C@@H]1CCCCCCC(=O)OC. The van der Waals surface area contributed by atoms with Gasteiger partial charge in [-0.2, -0.15) is 0 Å². The zero-order chi connectivity index (χ0) is 20.9. The van der Waals surface area contributed by atoms with Crippen LogP contribution in [0.15, 0.2) is 12.2 Å². The van der Waals surface area contributed by atoms with Crippen LogP contribution in [0.1, 0.15) is 77.6 Å². The van der Waals surface area contributed by atoms with E-state index >= 15 is 0 Å². The Morgan fingerprint density at radius 3 is 2.61 bits per heavy atom. The van der Waals surface area contributed by atoms with Gasteiger partial charge in [-0.05, 0) is 31.6 Å². The summed E-state index contributed by atoms with van der Waals surface area (Å²) in [5.74, 6) is -0.513. The van der Waals surface area contributed by atoms with Crippen molar-refractivity contribution in [3.05, 3.63) is 22.3 Å². The number of allylic oxidation sites excluding steroid dienone is 1. The fraction of sp³-hybridized carbons (Fsp3) is 0.857. The molecule has 0 saturated heterocycles. The largest absolute Gasteiger partial charge is 0.469 e. The lowest BCUT2D eigenvalue weighted by Gasteiger charge is -2.18. The monoisotopic (exact) mass is 399 g/mol. The summed E-state index contributed by atoms with van der Waals surface area (Å²) in [7, 11) is 1.37. The molecule has 0 amide bonds. The highest BCUT2D eigenvalue weighted by molar-refractivity contribution is 5.68. The highest BCUT2D eigenvalue weighted by Gasteiger charge is 2.48.